The summed E-state index contributed by atoms with van der Waals surface area (Å²) in [6.07, 6.45) is 0. The Labute approximate surface area is 99.2 Å². The van der Waals surface area contributed by atoms with E-state index in [1.165, 1.54) is 9.79 Å². The average Bonchev–Trinajstić information content (AvgIpc) is 2.42. The second-order valence-corrected chi connectivity index (χ2v) is 4.74. The van der Waals surface area contributed by atoms with Crippen LogP contribution in [0.1, 0.15) is 0 Å². The predicted octanol–water partition coefficient (Wildman–Crippen LogP) is 4.07. The fourth-order valence-corrected chi connectivity index (χ4v) is 2.55. The molecule has 0 fully saturated rings. The molecule has 0 spiro atoms. The predicted molar refractivity (Wildman–Crippen MR) is 74.0 cm³/mol. The van der Waals surface area contributed by atoms with Gasteiger partial charge in [0.1, 0.15) is 0 Å². The van der Waals surface area contributed by atoms with E-state index in [0.29, 0.717) is 0 Å². The number of nitrogens with one attached hydrogen (secondary N) is 1. The van der Waals surface area contributed by atoms with Crippen LogP contribution in [-0.2, 0) is 0 Å². The van der Waals surface area contributed by atoms with Crippen molar-refractivity contribution in [1.82, 2.24) is 0 Å². The van der Waals surface area contributed by atoms with Crippen molar-refractivity contribution in [3.05, 3.63) is 60.7 Å². The minimum atomic E-state index is -0.0468. The van der Waals surface area contributed by atoms with Gasteiger partial charge in [-0.25, -0.2) is 0 Å². The fourth-order valence-electron chi connectivity index (χ4n) is 1.31. The third kappa shape index (κ3) is 3.17. The maximum absolute atomic E-state index is 5.50. The molecule has 2 aromatic carbocycles. The summed E-state index contributed by atoms with van der Waals surface area (Å²) in [6, 6.07) is 20.8. The van der Waals surface area contributed by atoms with Crippen molar-refractivity contribution in [2.75, 3.05) is 0 Å². The summed E-state index contributed by atoms with van der Waals surface area (Å²) >= 11 is 0. The van der Waals surface area contributed by atoms with Crippen molar-refractivity contribution < 1.29 is 0 Å². The Morgan fingerprint density at radius 2 is 1.00 bits per heavy atom. The van der Waals surface area contributed by atoms with Crippen LogP contribution in [0.3, 0.4) is 0 Å². The summed E-state index contributed by atoms with van der Waals surface area (Å²) in [4.78, 5) is 2.58. The first-order valence-corrected chi connectivity index (χ1v) is 6.27. The molecule has 0 aromatic heterocycles. The molecule has 16 heavy (non-hydrogen) atoms. The summed E-state index contributed by atoms with van der Waals surface area (Å²) in [6.45, 7) is 2.50. The highest BCUT2D eigenvalue weighted by molar-refractivity contribution is 8.14. The lowest BCUT2D eigenvalue weighted by Gasteiger charge is -2.06. The second-order valence-electron chi connectivity index (χ2n) is 3.02. The van der Waals surface area contributed by atoms with E-state index in [-0.39, 0.29) is 10.5 Å². The van der Waals surface area contributed by atoms with Gasteiger partial charge >= 0.3 is 0 Å². The summed E-state index contributed by atoms with van der Waals surface area (Å²) in [7, 11) is -0.0468. The Bertz CT molecular complexity index is 395. The molecule has 0 aliphatic rings. The van der Waals surface area contributed by atoms with Crippen LogP contribution in [0.25, 0.3) is 0 Å². The minimum Gasteiger partial charge on any atom is -0.317 e. The van der Waals surface area contributed by atoms with Gasteiger partial charge < -0.3 is 5.41 Å². The molecular weight excluding hydrogens is 214 g/mol. The lowest BCUT2D eigenvalue weighted by molar-refractivity contribution is 1.40. The van der Waals surface area contributed by atoms with E-state index in [1.807, 2.05) is 12.1 Å². The smallest absolute Gasteiger partial charge is 0.00563 e. The van der Waals surface area contributed by atoms with E-state index in [1.54, 1.807) is 0 Å². The molecule has 2 rings (SSSR count). The number of rotatable bonds is 2. The van der Waals surface area contributed by atoms with E-state index in [2.05, 4.69) is 61.1 Å². The zero-order valence-corrected chi connectivity index (χ0v) is 9.91. The molecule has 1 nitrogen and oxygen atoms in total. The molecule has 82 valence electrons. The van der Waals surface area contributed by atoms with Crippen molar-refractivity contribution in [1.29, 1.82) is 5.41 Å². The quantitative estimate of drug-likeness (QED) is 0.593. The Kier molecular flexibility index (Phi) is 5.23. The molecule has 0 aliphatic carbocycles. The van der Waals surface area contributed by atoms with Crippen LogP contribution in [0, 0.1) is 5.41 Å². The molecule has 2 aromatic rings. The van der Waals surface area contributed by atoms with Gasteiger partial charge in [0.2, 0.25) is 0 Å². The molecule has 0 bridgehead atoms. The Morgan fingerprint density at radius 1 is 0.688 bits per heavy atom. The zero-order chi connectivity index (χ0) is 11.8. The van der Waals surface area contributed by atoms with Crippen LogP contribution in [0.2, 0.25) is 0 Å². The highest BCUT2D eigenvalue weighted by Crippen LogP contribution is 2.32. The van der Waals surface area contributed by atoms with Crippen LogP contribution in [0.5, 0.6) is 0 Å². The second kappa shape index (κ2) is 6.75. The van der Waals surface area contributed by atoms with E-state index >= 15 is 0 Å². The van der Waals surface area contributed by atoms with E-state index in [4.69, 9.17) is 5.41 Å². The highest BCUT2D eigenvalue weighted by atomic mass is 32.2. The van der Waals surface area contributed by atoms with Gasteiger partial charge in [0.05, 0.1) is 0 Å². The van der Waals surface area contributed by atoms with E-state index < -0.39 is 0 Å². The third-order valence-electron chi connectivity index (χ3n) is 2.06. The lowest BCUT2D eigenvalue weighted by Crippen LogP contribution is -1.75. The lowest BCUT2D eigenvalue weighted by atomic mass is 10.4. The van der Waals surface area contributed by atoms with Gasteiger partial charge in [-0.15, -0.1) is 10.5 Å². The number of hydrogen-bond acceptors (Lipinski definition) is 1. The number of benzene rings is 2. The van der Waals surface area contributed by atoms with Gasteiger partial charge in [-0.05, 0) is 31.0 Å². The molecule has 0 amide bonds. The monoisotopic (exact) mass is 229 g/mol. The van der Waals surface area contributed by atoms with Crippen molar-refractivity contribution >= 4 is 23.1 Å². The van der Waals surface area contributed by atoms with Crippen molar-refractivity contribution in [3.8, 4) is 0 Å². The van der Waals surface area contributed by atoms with Crippen molar-refractivity contribution in [3.63, 3.8) is 0 Å². The van der Waals surface area contributed by atoms with Gasteiger partial charge in [0.25, 0.3) is 0 Å². The molecule has 0 unspecified atom stereocenters. The molecule has 0 atom stereocenters. The van der Waals surface area contributed by atoms with Crippen molar-refractivity contribution in [2.24, 2.45) is 0 Å². The molecule has 0 radical (unpaired) electrons. The fraction of sp³-hybridized carbons (Fsp3) is 0. The molecular formula is C14H15NS. The Hall–Kier alpha value is -1.67. The summed E-state index contributed by atoms with van der Waals surface area (Å²) < 4.78 is 0. The average molecular weight is 229 g/mol. The molecule has 0 heterocycles. The van der Waals surface area contributed by atoms with E-state index in [9.17, 15) is 0 Å². The van der Waals surface area contributed by atoms with Gasteiger partial charge in [-0.1, -0.05) is 42.3 Å². The Balaban J connectivity index is 0.000000606. The number of hydrogen-bond donors (Lipinski definition) is 1. The maximum atomic E-state index is 5.50. The van der Waals surface area contributed by atoms with E-state index in [0.717, 1.165) is 0 Å². The first-order valence-electron chi connectivity index (χ1n) is 4.87. The van der Waals surface area contributed by atoms with Crippen LogP contribution in [0.15, 0.2) is 70.5 Å². The first-order chi connectivity index (χ1) is 7.88. The molecule has 0 saturated carbocycles. The summed E-state index contributed by atoms with van der Waals surface area (Å²) in [5, 5.41) is 5.50. The van der Waals surface area contributed by atoms with Crippen LogP contribution < -0.4 is 0 Å². The summed E-state index contributed by atoms with van der Waals surface area (Å²) in [5.41, 5.74) is 0. The SMILES string of the molecule is C=N.C=S(c1ccccc1)c1ccccc1. The standard InChI is InChI=1S/C13H12S.CH3N/c1-14(12-8-4-2-5-9-12)13-10-6-3-7-11-13;1-2/h2-11H,1H2;2H,1H2. The molecule has 2 heteroatoms. The zero-order valence-electron chi connectivity index (χ0n) is 9.10. The highest BCUT2D eigenvalue weighted by Gasteiger charge is 1.97. The molecule has 0 aliphatic heterocycles. The van der Waals surface area contributed by atoms with Crippen LogP contribution in [0.4, 0.5) is 0 Å². The largest absolute Gasteiger partial charge is 0.317 e. The van der Waals surface area contributed by atoms with Crippen LogP contribution >= 0.6 is 10.5 Å². The van der Waals surface area contributed by atoms with Crippen LogP contribution in [-0.4, -0.2) is 12.6 Å². The van der Waals surface area contributed by atoms with Crippen molar-refractivity contribution in [2.45, 2.75) is 9.79 Å². The van der Waals surface area contributed by atoms with Gasteiger partial charge in [-0.2, -0.15) is 0 Å². The normalized spacial score (nSPS) is 9.31. The summed E-state index contributed by atoms with van der Waals surface area (Å²) in [5.74, 6) is 4.21. The topological polar surface area (TPSA) is 23.9 Å². The van der Waals surface area contributed by atoms with Gasteiger partial charge in [-0.3, -0.25) is 0 Å². The van der Waals surface area contributed by atoms with Gasteiger partial charge in [0.15, 0.2) is 0 Å². The minimum absolute atomic E-state index is 0.0468. The maximum Gasteiger partial charge on any atom is 0.00563 e. The molecule has 1 N–H and O–H groups in total. The first kappa shape index (κ1) is 12.4. The Morgan fingerprint density at radius 3 is 1.31 bits per heavy atom. The molecule has 0 saturated heterocycles. The van der Waals surface area contributed by atoms with Gasteiger partial charge in [0, 0.05) is 9.79 Å². The third-order valence-corrected chi connectivity index (χ3v) is 3.74.